The molecule has 2 aromatic carbocycles. The van der Waals surface area contributed by atoms with Crippen molar-refractivity contribution in [1.82, 2.24) is 0 Å². The van der Waals surface area contributed by atoms with Crippen LogP contribution in [0.4, 0.5) is 4.79 Å². The largest absolute Gasteiger partial charge is 0.519 e. The summed E-state index contributed by atoms with van der Waals surface area (Å²) in [6.45, 7) is 4.10. The number of aryl methyl sites for hydroxylation is 2. The minimum Gasteiger partial charge on any atom is -0.395 e. The van der Waals surface area contributed by atoms with Gasteiger partial charge >= 0.3 is 6.16 Å². The third-order valence-electron chi connectivity index (χ3n) is 2.89. The van der Waals surface area contributed by atoms with Crippen LogP contribution in [0, 0.1) is 6.92 Å². The highest BCUT2D eigenvalue weighted by Gasteiger charge is 2.07. The van der Waals surface area contributed by atoms with Crippen LogP contribution in [0.2, 0.25) is 0 Å². The van der Waals surface area contributed by atoms with Gasteiger partial charge in [0.15, 0.2) is 0 Å². The molecule has 0 aliphatic carbocycles. The molecule has 20 heavy (non-hydrogen) atoms. The van der Waals surface area contributed by atoms with Crippen molar-refractivity contribution in [3.8, 4) is 11.5 Å². The first-order chi connectivity index (χ1) is 9.67. The molecule has 2 aromatic rings. The van der Waals surface area contributed by atoms with E-state index in [9.17, 15) is 4.79 Å². The summed E-state index contributed by atoms with van der Waals surface area (Å²) in [5, 5.41) is 0. The highest BCUT2D eigenvalue weighted by atomic mass is 16.7. The lowest BCUT2D eigenvalue weighted by Gasteiger charge is -2.06. The van der Waals surface area contributed by atoms with Gasteiger partial charge in [-0.3, -0.25) is 0 Å². The lowest BCUT2D eigenvalue weighted by molar-refractivity contribution is 0.152. The molecule has 0 fully saturated rings. The predicted molar refractivity (Wildman–Crippen MR) is 78.3 cm³/mol. The quantitative estimate of drug-likeness (QED) is 0.605. The predicted octanol–water partition coefficient (Wildman–Crippen LogP) is 4.53. The Balaban J connectivity index is 1.92. The second kappa shape index (κ2) is 6.75. The maximum atomic E-state index is 11.6. The lowest BCUT2D eigenvalue weighted by Crippen LogP contribution is -2.13. The van der Waals surface area contributed by atoms with Gasteiger partial charge in [-0.05, 0) is 43.2 Å². The van der Waals surface area contributed by atoms with Crippen molar-refractivity contribution < 1.29 is 14.3 Å². The number of hydrogen-bond donors (Lipinski definition) is 0. The first-order valence-electron chi connectivity index (χ1n) is 6.72. The molecule has 0 unspecified atom stereocenters. The van der Waals surface area contributed by atoms with Gasteiger partial charge in [-0.2, -0.15) is 0 Å². The molecule has 0 saturated heterocycles. The Labute approximate surface area is 119 Å². The molecule has 0 spiro atoms. The van der Waals surface area contributed by atoms with Gasteiger partial charge in [0.2, 0.25) is 0 Å². The summed E-state index contributed by atoms with van der Waals surface area (Å²) in [6, 6.07) is 14.7. The van der Waals surface area contributed by atoms with Gasteiger partial charge in [-0.25, -0.2) is 4.79 Å². The Morgan fingerprint density at radius 3 is 1.90 bits per heavy atom. The average molecular weight is 270 g/mol. The van der Waals surface area contributed by atoms with Crippen LogP contribution < -0.4 is 9.47 Å². The summed E-state index contributed by atoms with van der Waals surface area (Å²) in [5.74, 6) is 0.963. The Kier molecular flexibility index (Phi) is 4.77. The zero-order valence-electron chi connectivity index (χ0n) is 11.8. The molecule has 2 rings (SSSR count). The van der Waals surface area contributed by atoms with Gasteiger partial charge in [0.25, 0.3) is 0 Å². The van der Waals surface area contributed by atoms with E-state index in [0.29, 0.717) is 11.5 Å². The third kappa shape index (κ3) is 4.12. The van der Waals surface area contributed by atoms with Gasteiger partial charge in [-0.1, -0.05) is 43.2 Å². The molecular weight excluding hydrogens is 252 g/mol. The fourth-order valence-corrected chi connectivity index (χ4v) is 1.83. The number of hydrogen-bond acceptors (Lipinski definition) is 3. The summed E-state index contributed by atoms with van der Waals surface area (Å²) >= 11 is 0. The van der Waals surface area contributed by atoms with Crippen molar-refractivity contribution in [1.29, 1.82) is 0 Å². The van der Waals surface area contributed by atoms with Crippen molar-refractivity contribution in [2.45, 2.75) is 26.7 Å². The molecule has 3 nitrogen and oxygen atoms in total. The van der Waals surface area contributed by atoms with Crippen LogP contribution in [0.15, 0.2) is 48.5 Å². The number of benzene rings is 2. The fraction of sp³-hybridized carbons (Fsp3) is 0.235. The number of carbonyl (C=O) groups excluding carboxylic acids is 1. The molecule has 3 heteroatoms. The van der Waals surface area contributed by atoms with Crippen LogP contribution >= 0.6 is 0 Å². The van der Waals surface area contributed by atoms with Crippen LogP contribution in [-0.2, 0) is 6.42 Å². The minimum atomic E-state index is -0.725. The standard InChI is InChI=1S/C17H18O3/c1-3-4-14-7-11-16(12-8-14)20-17(18)19-15-9-5-13(2)6-10-15/h5-12H,3-4H2,1-2H3. The highest BCUT2D eigenvalue weighted by Crippen LogP contribution is 2.16. The zero-order valence-corrected chi connectivity index (χ0v) is 11.8. The zero-order chi connectivity index (χ0) is 14.4. The van der Waals surface area contributed by atoms with Crippen LogP contribution in [-0.4, -0.2) is 6.16 Å². The second-order valence-electron chi connectivity index (χ2n) is 4.66. The normalized spacial score (nSPS) is 10.1. The molecule has 0 atom stereocenters. The van der Waals surface area contributed by atoms with Crippen molar-refractivity contribution in [2.24, 2.45) is 0 Å². The number of ether oxygens (including phenoxy) is 2. The van der Waals surface area contributed by atoms with Gasteiger partial charge in [-0.15, -0.1) is 0 Å². The lowest BCUT2D eigenvalue weighted by atomic mass is 10.1. The van der Waals surface area contributed by atoms with Crippen LogP contribution in [0.1, 0.15) is 24.5 Å². The van der Waals surface area contributed by atoms with Crippen molar-refractivity contribution in [2.75, 3.05) is 0 Å². The van der Waals surface area contributed by atoms with E-state index in [1.54, 1.807) is 24.3 Å². The smallest absolute Gasteiger partial charge is 0.395 e. The summed E-state index contributed by atoms with van der Waals surface area (Å²) in [4.78, 5) is 11.6. The van der Waals surface area contributed by atoms with Crippen molar-refractivity contribution in [3.05, 3.63) is 59.7 Å². The molecule has 0 amide bonds. The highest BCUT2D eigenvalue weighted by molar-refractivity contribution is 5.67. The number of rotatable bonds is 4. The van der Waals surface area contributed by atoms with E-state index in [0.717, 1.165) is 18.4 Å². The van der Waals surface area contributed by atoms with Crippen LogP contribution in [0.3, 0.4) is 0 Å². The SMILES string of the molecule is CCCc1ccc(OC(=O)Oc2ccc(C)cc2)cc1. The molecule has 0 aromatic heterocycles. The summed E-state index contributed by atoms with van der Waals surface area (Å²) < 4.78 is 10.2. The van der Waals surface area contributed by atoms with E-state index in [1.165, 1.54) is 5.56 Å². The Morgan fingerprint density at radius 2 is 1.40 bits per heavy atom. The van der Waals surface area contributed by atoms with E-state index >= 15 is 0 Å². The average Bonchev–Trinajstić information content (AvgIpc) is 2.44. The fourth-order valence-electron chi connectivity index (χ4n) is 1.83. The topological polar surface area (TPSA) is 35.5 Å². The molecule has 0 N–H and O–H groups in total. The molecule has 0 aliphatic heterocycles. The first kappa shape index (κ1) is 14.1. The first-order valence-corrected chi connectivity index (χ1v) is 6.72. The third-order valence-corrected chi connectivity index (χ3v) is 2.89. The molecule has 0 saturated carbocycles. The van der Waals surface area contributed by atoms with E-state index in [2.05, 4.69) is 6.92 Å². The Bertz CT molecular complexity index is 556. The molecule has 0 heterocycles. The summed E-state index contributed by atoms with van der Waals surface area (Å²) in [5.41, 5.74) is 2.34. The molecule has 104 valence electrons. The monoisotopic (exact) mass is 270 g/mol. The second-order valence-corrected chi connectivity index (χ2v) is 4.66. The van der Waals surface area contributed by atoms with Gasteiger partial charge in [0, 0.05) is 0 Å². The molecular formula is C17H18O3. The van der Waals surface area contributed by atoms with Gasteiger partial charge < -0.3 is 9.47 Å². The van der Waals surface area contributed by atoms with Crippen molar-refractivity contribution >= 4 is 6.16 Å². The summed E-state index contributed by atoms with van der Waals surface area (Å²) in [7, 11) is 0. The van der Waals surface area contributed by atoms with E-state index in [1.807, 2.05) is 31.2 Å². The number of carbonyl (C=O) groups is 1. The van der Waals surface area contributed by atoms with Crippen molar-refractivity contribution in [3.63, 3.8) is 0 Å². The molecule has 0 radical (unpaired) electrons. The maximum Gasteiger partial charge on any atom is 0.519 e. The molecule has 0 aliphatic rings. The van der Waals surface area contributed by atoms with E-state index in [4.69, 9.17) is 9.47 Å². The summed E-state index contributed by atoms with van der Waals surface area (Å²) in [6.07, 6.45) is 1.39. The maximum absolute atomic E-state index is 11.6. The minimum absolute atomic E-state index is 0.475. The van der Waals surface area contributed by atoms with Crippen LogP contribution in [0.5, 0.6) is 11.5 Å². The Hall–Kier alpha value is -2.29. The van der Waals surface area contributed by atoms with Gasteiger partial charge in [0.05, 0.1) is 0 Å². The Morgan fingerprint density at radius 1 is 0.900 bits per heavy atom. The van der Waals surface area contributed by atoms with Gasteiger partial charge in [0.1, 0.15) is 11.5 Å². The van der Waals surface area contributed by atoms with E-state index < -0.39 is 6.16 Å². The van der Waals surface area contributed by atoms with E-state index in [-0.39, 0.29) is 0 Å². The molecule has 0 bridgehead atoms. The van der Waals surface area contributed by atoms with Crippen LogP contribution in [0.25, 0.3) is 0 Å².